The van der Waals surface area contributed by atoms with E-state index in [2.05, 4.69) is 26.5 Å². The molecular formula is C59H77N3O9S. The van der Waals surface area contributed by atoms with Crippen molar-refractivity contribution in [2.75, 3.05) is 24.8 Å². The molecule has 0 amide bonds. The monoisotopic (exact) mass is 1000 g/mol. The number of hydrogen-bond donors (Lipinski definition) is 0. The van der Waals surface area contributed by atoms with Crippen molar-refractivity contribution in [2.24, 2.45) is 40.6 Å². The predicted molar refractivity (Wildman–Crippen MR) is 285 cm³/mol. The van der Waals surface area contributed by atoms with E-state index in [9.17, 15) is 19.2 Å². The molecule has 0 spiro atoms. The summed E-state index contributed by atoms with van der Waals surface area (Å²) in [6.45, 7) is 9.58. The zero-order chi connectivity index (χ0) is 50.5. The summed E-state index contributed by atoms with van der Waals surface area (Å²) in [7, 11) is 0. The largest absolute Gasteiger partial charge is 0.494 e. The highest BCUT2D eigenvalue weighted by atomic mass is 32.1. The summed E-state index contributed by atoms with van der Waals surface area (Å²) in [5, 5.41) is 7.76. The molecule has 1 heterocycles. The fraction of sp³-hybridized carbons (Fsp3) is 0.559. The number of esters is 4. The van der Waals surface area contributed by atoms with Gasteiger partial charge in [0.2, 0.25) is 5.13 Å². The molecule has 1 aromatic heterocycles. The standard InChI is InChI=1S/C59H77N3O9S/c1-4-7-8-13-38-62(59-61-52-16-11-12-17-54(52)72-59)60-37-36-48-41-51(34-35-53(48)71-58(66)47-24-22-44(23-25-47)43-20-18-42(5-2)19-21-43)70-57(65)46-28-26-45(27-29-46)56(64)69-50-32-30-49(31-33-50)67-39-14-9-10-15-40-68-55(63)6-3/h6,11-12,16-17,30-35,37,41-47H,3-5,7-10,13-15,18-29,36,38-40H2,1-2H3/b60-37+. The van der Waals surface area contributed by atoms with E-state index >= 15 is 0 Å². The Kier molecular flexibility index (Phi) is 21.6. The lowest BCUT2D eigenvalue weighted by Gasteiger charge is -2.37. The van der Waals surface area contributed by atoms with Crippen LogP contribution in [0.5, 0.6) is 23.0 Å². The van der Waals surface area contributed by atoms with Gasteiger partial charge in [0.05, 0.1) is 41.2 Å². The van der Waals surface area contributed by atoms with E-state index < -0.39 is 5.97 Å². The van der Waals surface area contributed by atoms with Crippen molar-refractivity contribution in [2.45, 2.75) is 155 Å². The molecule has 0 radical (unpaired) electrons. The third kappa shape index (κ3) is 16.5. The number of aromatic nitrogens is 1. The minimum Gasteiger partial charge on any atom is -0.494 e. The minimum absolute atomic E-state index is 0.139. The Morgan fingerprint density at radius 3 is 1.90 bits per heavy atom. The second-order valence-corrected chi connectivity index (χ2v) is 21.1. The molecule has 72 heavy (non-hydrogen) atoms. The number of ether oxygens (including phenoxy) is 5. The van der Waals surface area contributed by atoms with Crippen LogP contribution in [0.4, 0.5) is 5.13 Å². The lowest BCUT2D eigenvalue weighted by Crippen LogP contribution is -2.30. The zero-order valence-corrected chi connectivity index (χ0v) is 43.6. The van der Waals surface area contributed by atoms with Gasteiger partial charge in [-0.3, -0.25) is 14.4 Å². The quantitative estimate of drug-likeness (QED) is 0.0148. The van der Waals surface area contributed by atoms with Crippen molar-refractivity contribution < 1.29 is 42.9 Å². The Morgan fingerprint density at radius 1 is 0.667 bits per heavy atom. The van der Waals surface area contributed by atoms with E-state index in [0.717, 1.165) is 111 Å². The first-order chi connectivity index (χ1) is 35.2. The molecule has 3 aliphatic carbocycles. The van der Waals surface area contributed by atoms with Gasteiger partial charge < -0.3 is 23.7 Å². The Balaban J connectivity index is 0.929. The van der Waals surface area contributed by atoms with Crippen LogP contribution < -0.4 is 24.0 Å². The third-order valence-corrected chi connectivity index (χ3v) is 16.2. The van der Waals surface area contributed by atoms with Crippen LogP contribution in [-0.4, -0.2) is 54.8 Å². The molecule has 388 valence electrons. The summed E-state index contributed by atoms with van der Waals surface area (Å²) in [4.78, 5) is 56.8. The molecule has 0 N–H and O–H groups in total. The summed E-state index contributed by atoms with van der Waals surface area (Å²) in [5.41, 5.74) is 1.65. The van der Waals surface area contributed by atoms with E-state index in [-0.39, 0.29) is 35.7 Å². The van der Waals surface area contributed by atoms with Gasteiger partial charge in [0.25, 0.3) is 0 Å². The molecule has 13 heteroatoms. The number of carbonyl (C=O) groups excluding carboxylic acids is 4. The predicted octanol–water partition coefficient (Wildman–Crippen LogP) is 13.8. The van der Waals surface area contributed by atoms with Crippen molar-refractivity contribution in [1.82, 2.24) is 4.98 Å². The molecule has 0 saturated heterocycles. The number of para-hydroxylation sites is 1. The second-order valence-electron chi connectivity index (χ2n) is 20.1. The van der Waals surface area contributed by atoms with E-state index in [4.69, 9.17) is 33.8 Å². The van der Waals surface area contributed by atoms with Crippen molar-refractivity contribution in [1.29, 1.82) is 0 Å². The van der Waals surface area contributed by atoms with Crippen LogP contribution in [0.15, 0.2) is 84.5 Å². The minimum atomic E-state index is -0.399. The molecule has 0 unspecified atom stereocenters. The maximum absolute atomic E-state index is 13.9. The molecule has 0 atom stereocenters. The number of nitrogens with zero attached hydrogens (tertiary/aromatic N) is 3. The summed E-state index contributed by atoms with van der Waals surface area (Å²) in [5.74, 6) is 2.25. The van der Waals surface area contributed by atoms with Crippen LogP contribution in [0, 0.1) is 35.5 Å². The van der Waals surface area contributed by atoms with E-state index in [1.165, 1.54) is 38.2 Å². The average Bonchev–Trinajstić information content (AvgIpc) is 3.85. The number of rotatable bonds is 26. The number of hydrazone groups is 1. The highest BCUT2D eigenvalue weighted by Crippen LogP contribution is 2.43. The summed E-state index contributed by atoms with van der Waals surface area (Å²) >= 11 is 1.62. The number of benzene rings is 3. The molecule has 3 fully saturated rings. The van der Waals surface area contributed by atoms with Crippen LogP contribution >= 0.6 is 11.3 Å². The smallest absolute Gasteiger partial charge is 0.330 e. The van der Waals surface area contributed by atoms with Crippen LogP contribution in [-0.2, 0) is 30.3 Å². The van der Waals surface area contributed by atoms with Gasteiger partial charge in [-0.2, -0.15) is 5.10 Å². The molecular weight excluding hydrogens is 927 g/mol. The number of thiazole rings is 1. The maximum Gasteiger partial charge on any atom is 0.330 e. The van der Waals surface area contributed by atoms with Crippen molar-refractivity contribution in [3.05, 3.63) is 84.9 Å². The van der Waals surface area contributed by atoms with Crippen LogP contribution in [0.2, 0.25) is 0 Å². The topological polar surface area (TPSA) is 143 Å². The second kappa shape index (κ2) is 28.6. The molecule has 0 bridgehead atoms. The molecule has 3 saturated carbocycles. The SMILES string of the molecule is C=CC(=O)OCCCCCCOc1ccc(OC(=O)C2CCC(C(=O)Oc3ccc(OC(=O)C4CCC(C5CCC(CC)CC5)CC4)c(C/C=N/N(CCCCCC)c4nc5ccccc5s4)c3)CC2)cc1. The van der Waals surface area contributed by atoms with Gasteiger partial charge >= 0.3 is 23.9 Å². The first-order valence-electron chi connectivity index (χ1n) is 27.1. The van der Waals surface area contributed by atoms with E-state index in [0.29, 0.717) is 79.8 Å². The number of unbranched alkanes of at least 4 members (excludes halogenated alkanes) is 6. The Morgan fingerprint density at radius 2 is 1.25 bits per heavy atom. The summed E-state index contributed by atoms with van der Waals surface area (Å²) < 4.78 is 30.0. The van der Waals surface area contributed by atoms with Crippen LogP contribution in [0.1, 0.15) is 154 Å². The zero-order valence-electron chi connectivity index (χ0n) is 42.8. The Hall–Kier alpha value is -5.56. The number of anilines is 1. The van der Waals surface area contributed by atoms with Crippen LogP contribution in [0.25, 0.3) is 10.2 Å². The van der Waals surface area contributed by atoms with Crippen molar-refractivity contribution in [3.63, 3.8) is 0 Å². The Bertz CT molecular complexity index is 2340. The molecule has 3 aliphatic rings. The van der Waals surface area contributed by atoms with Crippen LogP contribution in [0.3, 0.4) is 0 Å². The first-order valence-corrected chi connectivity index (χ1v) is 28.0. The fourth-order valence-corrected chi connectivity index (χ4v) is 11.6. The van der Waals surface area contributed by atoms with Gasteiger partial charge in [-0.05, 0) is 169 Å². The van der Waals surface area contributed by atoms with Gasteiger partial charge in [-0.25, -0.2) is 14.8 Å². The third-order valence-electron chi connectivity index (χ3n) is 15.1. The number of carbonyl (C=O) groups is 4. The molecule has 7 rings (SSSR count). The molecule has 0 aliphatic heterocycles. The van der Waals surface area contributed by atoms with Gasteiger partial charge in [0, 0.05) is 30.8 Å². The van der Waals surface area contributed by atoms with Gasteiger partial charge in [-0.15, -0.1) is 0 Å². The maximum atomic E-state index is 13.9. The van der Waals surface area contributed by atoms with Gasteiger partial charge in [0.15, 0.2) is 0 Å². The molecule has 3 aromatic carbocycles. The van der Waals surface area contributed by atoms with Crippen molar-refractivity contribution >= 4 is 56.8 Å². The van der Waals surface area contributed by atoms with E-state index in [1.54, 1.807) is 53.8 Å². The lowest BCUT2D eigenvalue weighted by atomic mass is 9.69. The fourth-order valence-electron chi connectivity index (χ4n) is 10.6. The summed E-state index contributed by atoms with van der Waals surface area (Å²) in [6, 6.07) is 20.4. The Labute approximate surface area is 431 Å². The average molecular weight is 1000 g/mol. The molecule has 12 nitrogen and oxygen atoms in total. The number of hydrogen-bond acceptors (Lipinski definition) is 13. The number of fused-ring (bicyclic) bond motifs is 1. The highest BCUT2D eigenvalue weighted by Gasteiger charge is 2.35. The summed E-state index contributed by atoms with van der Waals surface area (Å²) in [6.07, 6.45) is 23.8. The lowest BCUT2D eigenvalue weighted by molar-refractivity contribution is -0.145. The first kappa shape index (κ1) is 54.2. The van der Waals surface area contributed by atoms with Gasteiger partial charge in [-0.1, -0.05) is 82.4 Å². The normalized spacial score (nSPS) is 21.2. The van der Waals surface area contributed by atoms with E-state index in [1.807, 2.05) is 29.4 Å². The highest BCUT2D eigenvalue weighted by molar-refractivity contribution is 7.22. The van der Waals surface area contributed by atoms with Crippen molar-refractivity contribution in [3.8, 4) is 23.0 Å². The van der Waals surface area contributed by atoms with Gasteiger partial charge in [0.1, 0.15) is 23.0 Å². The molecule has 4 aromatic rings.